The van der Waals surface area contributed by atoms with Crippen LogP contribution in [0, 0.1) is 16.0 Å². The molecule has 0 aromatic heterocycles. The smallest absolute Gasteiger partial charge is 0.269 e. The number of amides is 1. The summed E-state index contributed by atoms with van der Waals surface area (Å²) in [5, 5.41) is 10.8. The van der Waals surface area contributed by atoms with E-state index >= 15 is 0 Å². The lowest BCUT2D eigenvalue weighted by Gasteiger charge is -2.30. The van der Waals surface area contributed by atoms with Crippen LogP contribution in [0.3, 0.4) is 0 Å². The van der Waals surface area contributed by atoms with E-state index in [1.165, 1.54) is 12.1 Å². The Labute approximate surface area is 116 Å². The third kappa shape index (κ3) is 3.24. The summed E-state index contributed by atoms with van der Waals surface area (Å²) in [6.07, 6.45) is 1.45. The summed E-state index contributed by atoms with van der Waals surface area (Å²) in [5.41, 5.74) is 12.5. The van der Waals surface area contributed by atoms with Crippen LogP contribution in [0.4, 0.5) is 11.4 Å². The minimum atomic E-state index is -0.428. The maximum Gasteiger partial charge on any atom is 0.269 e. The first kappa shape index (κ1) is 14.3. The van der Waals surface area contributed by atoms with Gasteiger partial charge in [-0.05, 0) is 37.6 Å². The Balaban J connectivity index is 2.02. The van der Waals surface area contributed by atoms with Crippen molar-refractivity contribution >= 4 is 17.3 Å². The largest absolute Gasteiger partial charge is 0.398 e. The van der Waals surface area contributed by atoms with Crippen molar-refractivity contribution in [3.05, 3.63) is 33.9 Å². The molecule has 1 saturated heterocycles. The molecule has 0 saturated carbocycles. The molecule has 1 heterocycles. The number of benzene rings is 1. The molecule has 0 unspecified atom stereocenters. The highest BCUT2D eigenvalue weighted by Crippen LogP contribution is 2.24. The molecule has 2 rings (SSSR count). The topological polar surface area (TPSA) is 115 Å². The van der Waals surface area contributed by atoms with Crippen LogP contribution in [0.15, 0.2) is 18.2 Å². The van der Waals surface area contributed by atoms with Crippen LogP contribution in [-0.2, 0) is 11.3 Å². The molecule has 108 valence electrons. The van der Waals surface area contributed by atoms with Crippen molar-refractivity contribution in [1.82, 2.24) is 4.90 Å². The van der Waals surface area contributed by atoms with Gasteiger partial charge in [0.1, 0.15) is 0 Å². The number of carbonyl (C=O) groups excluding carboxylic acids is 1. The Hall–Kier alpha value is -2.15. The summed E-state index contributed by atoms with van der Waals surface area (Å²) in [5.74, 6) is -0.312. The first-order valence-electron chi connectivity index (χ1n) is 6.52. The second-order valence-corrected chi connectivity index (χ2v) is 5.09. The summed E-state index contributed by atoms with van der Waals surface area (Å²) < 4.78 is 0. The number of hydrogen-bond acceptors (Lipinski definition) is 5. The lowest BCUT2D eigenvalue weighted by molar-refractivity contribution is -0.384. The van der Waals surface area contributed by atoms with Crippen molar-refractivity contribution in [1.29, 1.82) is 0 Å². The van der Waals surface area contributed by atoms with Crippen LogP contribution in [0.1, 0.15) is 18.4 Å². The highest BCUT2D eigenvalue weighted by molar-refractivity contribution is 5.76. The van der Waals surface area contributed by atoms with E-state index in [0.717, 1.165) is 31.5 Å². The van der Waals surface area contributed by atoms with E-state index in [4.69, 9.17) is 11.5 Å². The Morgan fingerprint density at radius 3 is 2.60 bits per heavy atom. The number of nitrogens with zero attached hydrogens (tertiary/aromatic N) is 2. The van der Waals surface area contributed by atoms with E-state index in [0.29, 0.717) is 12.2 Å². The molecular formula is C13H18N4O3. The van der Waals surface area contributed by atoms with E-state index in [1.54, 1.807) is 6.07 Å². The molecule has 1 amide bonds. The molecule has 7 heteroatoms. The number of piperidine rings is 1. The zero-order valence-electron chi connectivity index (χ0n) is 11.1. The minimum Gasteiger partial charge on any atom is -0.398 e. The lowest BCUT2D eigenvalue weighted by Crippen LogP contribution is -2.38. The van der Waals surface area contributed by atoms with Gasteiger partial charge in [0.15, 0.2) is 0 Å². The van der Waals surface area contributed by atoms with Gasteiger partial charge in [-0.3, -0.25) is 19.8 Å². The highest BCUT2D eigenvalue weighted by atomic mass is 16.6. The molecule has 0 atom stereocenters. The fraction of sp³-hybridized carbons (Fsp3) is 0.462. The number of anilines is 1. The monoisotopic (exact) mass is 278 g/mol. The zero-order chi connectivity index (χ0) is 14.7. The fourth-order valence-corrected chi connectivity index (χ4v) is 2.46. The Kier molecular flexibility index (Phi) is 4.19. The molecule has 0 radical (unpaired) electrons. The fourth-order valence-electron chi connectivity index (χ4n) is 2.46. The first-order chi connectivity index (χ1) is 9.47. The van der Waals surface area contributed by atoms with Crippen molar-refractivity contribution in [3.63, 3.8) is 0 Å². The van der Waals surface area contributed by atoms with Gasteiger partial charge in [0.05, 0.1) is 4.92 Å². The number of nitro groups is 1. The standard InChI is InChI=1S/C13H18N4O3/c14-12-2-1-11(17(19)20)7-10(12)8-16-5-3-9(4-6-16)13(15)18/h1-2,7,9H,3-6,8,14H2,(H2,15,18). The lowest BCUT2D eigenvalue weighted by atomic mass is 9.96. The predicted octanol–water partition coefficient (Wildman–Crippen LogP) is 0.874. The number of hydrogen-bond donors (Lipinski definition) is 2. The molecule has 1 aliphatic rings. The molecule has 1 aromatic carbocycles. The van der Waals surface area contributed by atoms with E-state index in [9.17, 15) is 14.9 Å². The van der Waals surface area contributed by atoms with Crippen molar-refractivity contribution in [2.24, 2.45) is 11.7 Å². The zero-order valence-corrected chi connectivity index (χ0v) is 11.1. The molecule has 1 aliphatic heterocycles. The second-order valence-electron chi connectivity index (χ2n) is 5.09. The van der Waals surface area contributed by atoms with Crippen molar-refractivity contribution in [2.45, 2.75) is 19.4 Å². The molecule has 0 bridgehead atoms. The van der Waals surface area contributed by atoms with Gasteiger partial charge in [-0.1, -0.05) is 0 Å². The van der Waals surface area contributed by atoms with Crippen LogP contribution in [0.25, 0.3) is 0 Å². The van der Waals surface area contributed by atoms with E-state index in [1.807, 2.05) is 0 Å². The number of non-ortho nitro benzene ring substituents is 1. The Morgan fingerprint density at radius 2 is 2.05 bits per heavy atom. The average molecular weight is 278 g/mol. The number of primary amides is 1. The predicted molar refractivity (Wildman–Crippen MR) is 74.7 cm³/mol. The average Bonchev–Trinajstić information content (AvgIpc) is 2.41. The van der Waals surface area contributed by atoms with Gasteiger partial charge < -0.3 is 11.5 Å². The van der Waals surface area contributed by atoms with Gasteiger partial charge in [0.25, 0.3) is 5.69 Å². The Bertz CT molecular complexity index is 524. The summed E-state index contributed by atoms with van der Waals surface area (Å²) >= 11 is 0. The van der Waals surface area contributed by atoms with Gasteiger partial charge in [-0.2, -0.15) is 0 Å². The first-order valence-corrected chi connectivity index (χ1v) is 6.52. The van der Waals surface area contributed by atoms with Crippen LogP contribution in [0.2, 0.25) is 0 Å². The molecule has 7 nitrogen and oxygen atoms in total. The third-order valence-corrected chi connectivity index (χ3v) is 3.72. The van der Waals surface area contributed by atoms with Crippen LogP contribution in [0.5, 0.6) is 0 Å². The van der Waals surface area contributed by atoms with Gasteiger partial charge in [-0.15, -0.1) is 0 Å². The van der Waals surface area contributed by atoms with Crippen LogP contribution >= 0.6 is 0 Å². The Morgan fingerprint density at radius 1 is 1.40 bits per heavy atom. The highest BCUT2D eigenvalue weighted by Gasteiger charge is 2.23. The number of nitro benzene ring substituents is 1. The second kappa shape index (κ2) is 5.87. The molecule has 1 fully saturated rings. The maximum absolute atomic E-state index is 11.1. The number of likely N-dealkylation sites (tertiary alicyclic amines) is 1. The summed E-state index contributed by atoms with van der Waals surface area (Å²) in [6, 6.07) is 4.47. The van der Waals surface area contributed by atoms with E-state index < -0.39 is 4.92 Å². The SMILES string of the molecule is NC(=O)C1CCN(Cc2cc([N+](=O)[O-])ccc2N)CC1. The van der Waals surface area contributed by atoms with Crippen molar-refractivity contribution in [2.75, 3.05) is 18.8 Å². The molecule has 0 spiro atoms. The summed E-state index contributed by atoms with van der Waals surface area (Å²) in [6.45, 7) is 2.05. The van der Waals surface area contributed by atoms with Crippen LogP contribution < -0.4 is 11.5 Å². The molecule has 4 N–H and O–H groups in total. The van der Waals surface area contributed by atoms with Gasteiger partial charge in [0, 0.05) is 30.3 Å². The third-order valence-electron chi connectivity index (χ3n) is 3.72. The number of rotatable bonds is 4. The normalized spacial score (nSPS) is 17.0. The summed E-state index contributed by atoms with van der Waals surface area (Å²) in [7, 11) is 0. The number of carbonyl (C=O) groups is 1. The van der Waals surface area contributed by atoms with Crippen molar-refractivity contribution < 1.29 is 9.72 Å². The van der Waals surface area contributed by atoms with Crippen LogP contribution in [-0.4, -0.2) is 28.8 Å². The van der Waals surface area contributed by atoms with Gasteiger partial charge in [-0.25, -0.2) is 0 Å². The van der Waals surface area contributed by atoms with E-state index in [2.05, 4.69) is 4.90 Å². The maximum atomic E-state index is 11.1. The molecule has 20 heavy (non-hydrogen) atoms. The molecule has 1 aromatic rings. The molecular weight excluding hydrogens is 260 g/mol. The molecule has 0 aliphatic carbocycles. The van der Waals surface area contributed by atoms with Gasteiger partial charge >= 0.3 is 0 Å². The van der Waals surface area contributed by atoms with Gasteiger partial charge in [0.2, 0.25) is 5.91 Å². The van der Waals surface area contributed by atoms with Crippen molar-refractivity contribution in [3.8, 4) is 0 Å². The quantitative estimate of drug-likeness (QED) is 0.481. The summed E-state index contributed by atoms with van der Waals surface area (Å²) in [4.78, 5) is 23.6. The number of nitrogen functional groups attached to an aromatic ring is 1. The number of nitrogens with two attached hydrogens (primary N) is 2. The van der Waals surface area contributed by atoms with E-state index in [-0.39, 0.29) is 17.5 Å². The minimum absolute atomic E-state index is 0.0428.